The molecule has 2 atom stereocenters. The Hall–Kier alpha value is -2.19. The maximum absolute atomic E-state index is 13.3. The average Bonchev–Trinajstić information content (AvgIpc) is 2.83. The van der Waals surface area contributed by atoms with Crippen molar-refractivity contribution in [3.63, 3.8) is 0 Å². The summed E-state index contributed by atoms with van der Waals surface area (Å²) in [5.74, 6) is 0. The number of hydrogen-bond donors (Lipinski definition) is 0. The second kappa shape index (κ2) is 11.9. The van der Waals surface area contributed by atoms with Gasteiger partial charge in [0, 0.05) is 13.7 Å². The largest absolute Gasteiger partial charge is 0.444 e. The van der Waals surface area contributed by atoms with E-state index in [1.54, 1.807) is 12.0 Å². The van der Waals surface area contributed by atoms with Gasteiger partial charge in [-0.2, -0.15) is 0 Å². The zero-order valence-corrected chi connectivity index (χ0v) is 24.0. The third-order valence-electron chi connectivity index (χ3n) is 6.63. The normalized spacial score (nSPS) is 19.2. The Bertz CT molecular complexity index is 916. The van der Waals surface area contributed by atoms with Gasteiger partial charge in [0.05, 0.1) is 18.8 Å². The lowest BCUT2D eigenvalue weighted by Gasteiger charge is -2.46. The second-order valence-electron chi connectivity index (χ2n) is 11.5. The van der Waals surface area contributed by atoms with Gasteiger partial charge in [-0.3, -0.25) is 0 Å². The van der Waals surface area contributed by atoms with Gasteiger partial charge in [0.2, 0.25) is 0 Å². The molecule has 0 bridgehead atoms. The molecule has 1 saturated heterocycles. The number of benzene rings is 2. The van der Waals surface area contributed by atoms with Crippen molar-refractivity contribution in [2.75, 3.05) is 27.1 Å². The van der Waals surface area contributed by atoms with E-state index in [0.29, 0.717) is 13.2 Å². The molecule has 0 unspecified atom stereocenters. The SMILES string of the molecule is COCO[C@@H]1CCCN(C(=O)OC(C)(C)C)[C@H]1CO[Si](c1ccccc1)(c1ccccc1)C(C)(C)C. The van der Waals surface area contributed by atoms with Gasteiger partial charge in [0.1, 0.15) is 12.4 Å². The summed E-state index contributed by atoms with van der Waals surface area (Å²) < 4.78 is 24.3. The molecular formula is C29H43NO5Si. The number of rotatable bonds is 8. The molecule has 7 heteroatoms. The van der Waals surface area contributed by atoms with Crippen molar-refractivity contribution >= 4 is 24.8 Å². The fourth-order valence-electron chi connectivity index (χ4n) is 5.09. The fraction of sp³-hybridized carbons (Fsp3) is 0.552. The lowest BCUT2D eigenvalue weighted by molar-refractivity contribution is -0.120. The second-order valence-corrected chi connectivity index (χ2v) is 15.8. The molecule has 1 heterocycles. The molecule has 1 amide bonds. The van der Waals surface area contributed by atoms with Gasteiger partial charge in [-0.15, -0.1) is 0 Å². The Morgan fingerprint density at radius 2 is 1.50 bits per heavy atom. The third kappa shape index (κ3) is 6.57. The summed E-state index contributed by atoms with van der Waals surface area (Å²) in [4.78, 5) is 15.1. The Labute approximate surface area is 218 Å². The van der Waals surface area contributed by atoms with E-state index < -0.39 is 13.9 Å². The molecule has 198 valence electrons. The van der Waals surface area contributed by atoms with Crippen molar-refractivity contribution in [1.82, 2.24) is 4.90 Å². The van der Waals surface area contributed by atoms with Crippen LogP contribution in [0.3, 0.4) is 0 Å². The van der Waals surface area contributed by atoms with E-state index in [-0.39, 0.29) is 30.1 Å². The van der Waals surface area contributed by atoms with Gasteiger partial charge in [0.15, 0.2) is 0 Å². The minimum absolute atomic E-state index is 0.163. The van der Waals surface area contributed by atoms with Crippen LogP contribution in [0.5, 0.6) is 0 Å². The molecule has 0 spiro atoms. The quantitative estimate of drug-likeness (QED) is 0.369. The number of carbonyl (C=O) groups is 1. The van der Waals surface area contributed by atoms with E-state index in [9.17, 15) is 4.79 Å². The van der Waals surface area contributed by atoms with Crippen molar-refractivity contribution in [2.24, 2.45) is 0 Å². The fourth-order valence-corrected chi connectivity index (χ4v) is 9.66. The Balaban J connectivity index is 2.03. The summed E-state index contributed by atoms with van der Waals surface area (Å²) >= 11 is 0. The molecular weight excluding hydrogens is 470 g/mol. The average molecular weight is 514 g/mol. The molecule has 36 heavy (non-hydrogen) atoms. The summed E-state index contributed by atoms with van der Waals surface area (Å²) in [5, 5.41) is 2.25. The van der Waals surface area contributed by atoms with Crippen LogP contribution in [-0.2, 0) is 18.6 Å². The molecule has 6 nitrogen and oxygen atoms in total. The molecule has 2 aromatic rings. The Morgan fingerprint density at radius 3 is 1.97 bits per heavy atom. The van der Waals surface area contributed by atoms with Crippen LogP contribution >= 0.6 is 0 Å². The number of methoxy groups -OCH3 is 1. The molecule has 2 aromatic carbocycles. The van der Waals surface area contributed by atoms with Crippen molar-refractivity contribution < 1.29 is 23.4 Å². The number of piperidine rings is 1. The van der Waals surface area contributed by atoms with E-state index >= 15 is 0 Å². The minimum Gasteiger partial charge on any atom is -0.444 e. The molecule has 1 fully saturated rings. The molecule has 0 aromatic heterocycles. The maximum Gasteiger partial charge on any atom is 0.410 e. The lowest BCUT2D eigenvalue weighted by Crippen LogP contribution is -2.68. The predicted molar refractivity (Wildman–Crippen MR) is 146 cm³/mol. The summed E-state index contributed by atoms with van der Waals surface area (Å²) in [6.07, 6.45) is 1.13. The van der Waals surface area contributed by atoms with Crippen LogP contribution in [0.25, 0.3) is 0 Å². The van der Waals surface area contributed by atoms with E-state index in [2.05, 4.69) is 69.3 Å². The number of nitrogens with zero attached hydrogens (tertiary/aromatic N) is 1. The summed E-state index contributed by atoms with van der Waals surface area (Å²) in [7, 11) is -1.16. The first-order valence-electron chi connectivity index (χ1n) is 12.8. The van der Waals surface area contributed by atoms with Gasteiger partial charge in [-0.1, -0.05) is 81.4 Å². The first kappa shape index (κ1) is 28.4. The van der Waals surface area contributed by atoms with Crippen LogP contribution in [0.1, 0.15) is 54.4 Å². The molecule has 0 saturated carbocycles. The first-order valence-corrected chi connectivity index (χ1v) is 14.8. The van der Waals surface area contributed by atoms with Crippen LogP contribution < -0.4 is 10.4 Å². The number of amides is 1. The first-order chi connectivity index (χ1) is 17.0. The maximum atomic E-state index is 13.3. The van der Waals surface area contributed by atoms with Crippen molar-refractivity contribution in [3.05, 3.63) is 60.7 Å². The van der Waals surface area contributed by atoms with Gasteiger partial charge in [0.25, 0.3) is 8.32 Å². The van der Waals surface area contributed by atoms with Crippen molar-refractivity contribution in [3.8, 4) is 0 Å². The smallest absolute Gasteiger partial charge is 0.410 e. The minimum atomic E-state index is -2.77. The number of carbonyl (C=O) groups excluding carboxylic acids is 1. The van der Waals surface area contributed by atoms with Crippen LogP contribution in [0.15, 0.2) is 60.7 Å². The summed E-state index contributed by atoms with van der Waals surface area (Å²) in [5.41, 5.74) is -0.583. The monoisotopic (exact) mass is 513 g/mol. The van der Waals surface area contributed by atoms with Gasteiger partial charge in [-0.25, -0.2) is 4.79 Å². The third-order valence-corrected chi connectivity index (χ3v) is 11.6. The highest BCUT2D eigenvalue weighted by molar-refractivity contribution is 6.99. The van der Waals surface area contributed by atoms with Crippen LogP contribution in [0.4, 0.5) is 4.79 Å². The highest BCUT2D eigenvalue weighted by atomic mass is 28.4. The molecule has 3 rings (SSSR count). The molecule has 1 aliphatic heterocycles. The van der Waals surface area contributed by atoms with Crippen LogP contribution in [-0.4, -0.2) is 64.1 Å². The lowest BCUT2D eigenvalue weighted by atomic mass is 10.00. The summed E-state index contributed by atoms with van der Waals surface area (Å²) in [6.45, 7) is 13.6. The van der Waals surface area contributed by atoms with Crippen molar-refractivity contribution in [1.29, 1.82) is 0 Å². The molecule has 0 radical (unpaired) electrons. The molecule has 1 aliphatic rings. The number of hydrogen-bond acceptors (Lipinski definition) is 5. The number of likely N-dealkylation sites (tertiary alicyclic amines) is 1. The topological polar surface area (TPSA) is 57.2 Å². The Kier molecular flexibility index (Phi) is 9.38. The van der Waals surface area contributed by atoms with Crippen LogP contribution in [0, 0.1) is 0 Å². The van der Waals surface area contributed by atoms with Gasteiger partial charge < -0.3 is 23.5 Å². The van der Waals surface area contributed by atoms with E-state index in [0.717, 1.165) is 12.8 Å². The molecule has 0 aliphatic carbocycles. The molecule has 0 N–H and O–H groups in total. The van der Waals surface area contributed by atoms with Crippen molar-refractivity contribution in [2.45, 2.75) is 77.2 Å². The van der Waals surface area contributed by atoms with E-state index in [1.807, 2.05) is 32.9 Å². The van der Waals surface area contributed by atoms with Crippen LogP contribution in [0.2, 0.25) is 5.04 Å². The van der Waals surface area contributed by atoms with Gasteiger partial charge >= 0.3 is 6.09 Å². The Morgan fingerprint density at radius 1 is 0.944 bits per heavy atom. The highest BCUT2D eigenvalue weighted by Gasteiger charge is 2.51. The predicted octanol–water partition coefficient (Wildman–Crippen LogP) is 4.95. The zero-order valence-electron chi connectivity index (χ0n) is 23.0. The zero-order chi connectivity index (χ0) is 26.4. The standard InChI is InChI=1S/C29H43NO5Si/c1-28(2,3)35-27(31)30-20-14-19-26(33-22-32-7)25(30)21-34-36(29(4,5)6,23-15-10-8-11-16-23)24-17-12-9-13-18-24/h8-13,15-18,25-26H,14,19-22H2,1-7H3/t25-,26+/m0/s1. The number of ether oxygens (including phenoxy) is 3. The van der Waals surface area contributed by atoms with E-state index in [4.69, 9.17) is 18.6 Å². The highest BCUT2D eigenvalue weighted by Crippen LogP contribution is 2.37. The summed E-state index contributed by atoms with van der Waals surface area (Å²) in [6, 6.07) is 20.8. The van der Waals surface area contributed by atoms with E-state index in [1.165, 1.54) is 10.4 Å². The van der Waals surface area contributed by atoms with Gasteiger partial charge in [-0.05, 0) is 49.0 Å².